The van der Waals surface area contributed by atoms with Gasteiger partial charge in [-0.25, -0.2) is 0 Å². The van der Waals surface area contributed by atoms with Crippen molar-refractivity contribution in [2.75, 3.05) is 12.8 Å². The fraction of sp³-hybridized carbons (Fsp3) is 0.0714. The van der Waals surface area contributed by atoms with Gasteiger partial charge in [0.15, 0.2) is 5.75 Å². The Hall–Kier alpha value is -2.67. The van der Waals surface area contributed by atoms with Crippen molar-refractivity contribution in [1.29, 1.82) is 5.26 Å². The maximum absolute atomic E-state index is 8.88. The lowest BCUT2D eigenvalue weighted by molar-refractivity contribution is 0.413. The number of benzene rings is 2. The van der Waals surface area contributed by atoms with Crippen molar-refractivity contribution < 1.29 is 9.47 Å². The van der Waals surface area contributed by atoms with Crippen LogP contribution in [0.2, 0.25) is 0 Å². The number of nitrogen functional groups attached to an aromatic ring is 1. The molecule has 0 radical (unpaired) electrons. The third-order valence-corrected chi connectivity index (χ3v) is 2.47. The SMILES string of the molecule is COc1ccc(Oc2cccc(C#N)c2N)cc1. The number of methoxy groups -OCH3 is 1. The van der Waals surface area contributed by atoms with Gasteiger partial charge < -0.3 is 15.2 Å². The molecule has 2 rings (SSSR count). The van der Waals surface area contributed by atoms with Crippen LogP contribution in [-0.2, 0) is 0 Å². The van der Waals surface area contributed by atoms with E-state index in [2.05, 4.69) is 0 Å². The first kappa shape index (κ1) is 11.8. The lowest BCUT2D eigenvalue weighted by Gasteiger charge is -2.09. The van der Waals surface area contributed by atoms with Gasteiger partial charge >= 0.3 is 0 Å². The lowest BCUT2D eigenvalue weighted by Crippen LogP contribution is -1.95. The Kier molecular flexibility index (Phi) is 3.35. The van der Waals surface area contributed by atoms with Crippen molar-refractivity contribution in [3.8, 4) is 23.3 Å². The van der Waals surface area contributed by atoms with Gasteiger partial charge in [-0.3, -0.25) is 0 Å². The molecule has 0 saturated carbocycles. The van der Waals surface area contributed by atoms with E-state index in [0.29, 0.717) is 22.7 Å². The Balaban J connectivity index is 2.26. The first-order valence-corrected chi connectivity index (χ1v) is 5.35. The summed E-state index contributed by atoms with van der Waals surface area (Å²) in [6, 6.07) is 14.2. The van der Waals surface area contributed by atoms with Gasteiger partial charge in [-0.15, -0.1) is 0 Å². The third kappa shape index (κ3) is 2.36. The van der Waals surface area contributed by atoms with Crippen LogP contribution in [0.1, 0.15) is 5.56 Å². The molecular formula is C14H12N2O2. The minimum absolute atomic E-state index is 0.343. The fourth-order valence-corrected chi connectivity index (χ4v) is 1.50. The van der Waals surface area contributed by atoms with Crippen molar-refractivity contribution >= 4 is 5.69 Å². The minimum Gasteiger partial charge on any atom is -0.497 e. The molecule has 2 aromatic rings. The molecule has 0 fully saturated rings. The van der Waals surface area contributed by atoms with Crippen LogP contribution in [0.25, 0.3) is 0 Å². The maximum Gasteiger partial charge on any atom is 0.151 e. The van der Waals surface area contributed by atoms with Gasteiger partial charge in [0.1, 0.15) is 17.6 Å². The number of para-hydroxylation sites is 1. The second kappa shape index (κ2) is 5.11. The molecule has 0 spiro atoms. The van der Waals surface area contributed by atoms with Crippen LogP contribution in [0.4, 0.5) is 5.69 Å². The van der Waals surface area contributed by atoms with E-state index in [9.17, 15) is 0 Å². The molecule has 0 heterocycles. The fourth-order valence-electron chi connectivity index (χ4n) is 1.50. The lowest BCUT2D eigenvalue weighted by atomic mass is 10.2. The van der Waals surface area contributed by atoms with Crippen LogP contribution >= 0.6 is 0 Å². The standard InChI is InChI=1S/C14H12N2O2/c1-17-11-5-7-12(8-6-11)18-13-4-2-3-10(9-15)14(13)16/h2-8H,16H2,1H3. The van der Waals surface area contributed by atoms with Crippen molar-refractivity contribution in [3.63, 3.8) is 0 Å². The highest BCUT2D eigenvalue weighted by atomic mass is 16.5. The highest BCUT2D eigenvalue weighted by molar-refractivity contribution is 5.63. The first-order valence-electron chi connectivity index (χ1n) is 5.35. The summed E-state index contributed by atoms with van der Waals surface area (Å²) >= 11 is 0. The van der Waals surface area contributed by atoms with E-state index in [1.165, 1.54) is 0 Å². The Morgan fingerprint density at radius 3 is 2.33 bits per heavy atom. The molecule has 2 N–H and O–H groups in total. The van der Waals surface area contributed by atoms with Gasteiger partial charge in [0.2, 0.25) is 0 Å². The number of rotatable bonds is 3. The average Bonchev–Trinajstić information content (AvgIpc) is 2.42. The Morgan fingerprint density at radius 1 is 1.06 bits per heavy atom. The highest BCUT2D eigenvalue weighted by Gasteiger charge is 2.06. The van der Waals surface area contributed by atoms with Crippen LogP contribution in [0, 0.1) is 11.3 Å². The molecule has 0 saturated heterocycles. The maximum atomic E-state index is 8.88. The van der Waals surface area contributed by atoms with Gasteiger partial charge in [0.05, 0.1) is 18.4 Å². The summed E-state index contributed by atoms with van der Waals surface area (Å²) in [6.07, 6.45) is 0. The number of nitrogens with two attached hydrogens (primary N) is 1. The number of ether oxygens (including phenoxy) is 2. The van der Waals surface area contributed by atoms with Crippen LogP contribution < -0.4 is 15.2 Å². The predicted molar refractivity (Wildman–Crippen MR) is 68.6 cm³/mol. The molecular weight excluding hydrogens is 228 g/mol. The smallest absolute Gasteiger partial charge is 0.151 e. The van der Waals surface area contributed by atoms with E-state index in [-0.39, 0.29) is 0 Å². The van der Waals surface area contributed by atoms with Gasteiger partial charge in [0, 0.05) is 0 Å². The third-order valence-electron chi connectivity index (χ3n) is 2.47. The van der Waals surface area contributed by atoms with E-state index in [4.69, 9.17) is 20.5 Å². The van der Waals surface area contributed by atoms with E-state index < -0.39 is 0 Å². The average molecular weight is 240 g/mol. The van der Waals surface area contributed by atoms with Gasteiger partial charge in [-0.05, 0) is 36.4 Å². The normalized spacial score (nSPS) is 9.56. The summed E-state index contributed by atoms with van der Waals surface area (Å²) in [7, 11) is 1.60. The molecule has 0 aromatic heterocycles. The van der Waals surface area contributed by atoms with Crippen LogP contribution in [0.5, 0.6) is 17.2 Å². The molecule has 4 heteroatoms. The zero-order valence-corrected chi connectivity index (χ0v) is 9.88. The van der Waals surface area contributed by atoms with Crippen molar-refractivity contribution in [3.05, 3.63) is 48.0 Å². The van der Waals surface area contributed by atoms with Crippen LogP contribution in [0.15, 0.2) is 42.5 Å². The number of hydrogen-bond acceptors (Lipinski definition) is 4. The molecule has 0 amide bonds. The monoisotopic (exact) mass is 240 g/mol. The summed E-state index contributed by atoms with van der Waals surface area (Å²) in [5.41, 5.74) is 6.57. The predicted octanol–water partition coefficient (Wildman–Crippen LogP) is 2.94. The molecule has 90 valence electrons. The van der Waals surface area contributed by atoms with Gasteiger partial charge in [0.25, 0.3) is 0 Å². The molecule has 0 aliphatic carbocycles. The Morgan fingerprint density at radius 2 is 1.72 bits per heavy atom. The molecule has 0 atom stereocenters. The highest BCUT2D eigenvalue weighted by Crippen LogP contribution is 2.30. The number of hydrogen-bond donors (Lipinski definition) is 1. The molecule has 0 aliphatic rings. The molecule has 4 nitrogen and oxygen atoms in total. The van der Waals surface area contributed by atoms with E-state index in [0.717, 1.165) is 5.75 Å². The number of anilines is 1. The topological polar surface area (TPSA) is 68.3 Å². The van der Waals surface area contributed by atoms with E-state index in [1.807, 2.05) is 6.07 Å². The van der Waals surface area contributed by atoms with Gasteiger partial charge in [-0.1, -0.05) is 6.07 Å². The number of nitrogens with zero attached hydrogens (tertiary/aromatic N) is 1. The molecule has 0 aliphatic heterocycles. The van der Waals surface area contributed by atoms with E-state index in [1.54, 1.807) is 49.6 Å². The van der Waals surface area contributed by atoms with E-state index >= 15 is 0 Å². The van der Waals surface area contributed by atoms with Crippen molar-refractivity contribution in [2.45, 2.75) is 0 Å². The van der Waals surface area contributed by atoms with Crippen LogP contribution in [-0.4, -0.2) is 7.11 Å². The summed E-state index contributed by atoms with van der Waals surface area (Å²) in [4.78, 5) is 0. The minimum atomic E-state index is 0.343. The molecule has 0 unspecified atom stereocenters. The quantitative estimate of drug-likeness (QED) is 0.837. The summed E-state index contributed by atoms with van der Waals surface area (Å²) in [6.45, 7) is 0. The zero-order valence-electron chi connectivity index (χ0n) is 9.88. The molecule has 0 bridgehead atoms. The second-order valence-corrected chi connectivity index (χ2v) is 3.61. The second-order valence-electron chi connectivity index (χ2n) is 3.61. The summed E-state index contributed by atoms with van der Waals surface area (Å²) < 4.78 is 10.7. The number of nitriles is 1. The largest absolute Gasteiger partial charge is 0.497 e. The summed E-state index contributed by atoms with van der Waals surface area (Å²) in [5, 5.41) is 8.88. The van der Waals surface area contributed by atoms with Crippen LogP contribution in [0.3, 0.4) is 0 Å². The summed E-state index contributed by atoms with van der Waals surface area (Å²) in [5.74, 6) is 1.86. The Labute approximate surface area is 105 Å². The first-order chi connectivity index (χ1) is 8.74. The molecule has 2 aromatic carbocycles. The Bertz CT molecular complexity index is 586. The molecule has 18 heavy (non-hydrogen) atoms. The zero-order chi connectivity index (χ0) is 13.0. The van der Waals surface area contributed by atoms with Crippen molar-refractivity contribution in [2.24, 2.45) is 0 Å². The van der Waals surface area contributed by atoms with Gasteiger partial charge in [-0.2, -0.15) is 5.26 Å². The van der Waals surface area contributed by atoms with Crippen molar-refractivity contribution in [1.82, 2.24) is 0 Å².